The zero-order chi connectivity index (χ0) is 8.97. The summed E-state index contributed by atoms with van der Waals surface area (Å²) >= 11 is 0. The highest BCUT2D eigenvalue weighted by Gasteiger charge is 2.05. The number of nitrogens with zero attached hydrogens (tertiary/aromatic N) is 1. The Morgan fingerprint density at radius 3 is 2.67 bits per heavy atom. The summed E-state index contributed by atoms with van der Waals surface area (Å²) in [5.74, 6) is -0.514. The van der Waals surface area contributed by atoms with Gasteiger partial charge in [0.1, 0.15) is 11.9 Å². The molecule has 0 aliphatic heterocycles. The van der Waals surface area contributed by atoms with Crippen LogP contribution in [0.2, 0.25) is 0 Å². The first-order valence-corrected chi connectivity index (χ1v) is 3.29. The summed E-state index contributed by atoms with van der Waals surface area (Å²) in [4.78, 5) is 0. The number of aliphatic hydroxyl groups is 1. The Morgan fingerprint density at radius 1 is 1.50 bits per heavy atom. The minimum Gasteiger partial charge on any atom is -0.514 e. The molecular formula is C9H6FNO. The molecule has 0 aromatic heterocycles. The summed E-state index contributed by atoms with van der Waals surface area (Å²) in [7, 11) is 0. The van der Waals surface area contributed by atoms with Crippen LogP contribution in [-0.4, -0.2) is 5.11 Å². The highest BCUT2D eigenvalue weighted by Crippen LogP contribution is 2.15. The maximum atomic E-state index is 12.9. The molecule has 0 amide bonds. The number of benzene rings is 1. The van der Waals surface area contributed by atoms with Gasteiger partial charge in [0, 0.05) is 5.56 Å². The third kappa shape index (κ3) is 1.43. The van der Waals surface area contributed by atoms with Gasteiger partial charge < -0.3 is 5.11 Å². The van der Waals surface area contributed by atoms with E-state index in [9.17, 15) is 4.39 Å². The number of nitriles is 1. The molecule has 1 aromatic rings. The van der Waals surface area contributed by atoms with Gasteiger partial charge in [-0.15, -0.1) is 0 Å². The highest BCUT2D eigenvalue weighted by atomic mass is 19.1. The van der Waals surface area contributed by atoms with Crippen molar-refractivity contribution in [2.45, 2.75) is 0 Å². The molecule has 0 fully saturated rings. The second-order valence-electron chi connectivity index (χ2n) is 2.13. The third-order valence-corrected chi connectivity index (χ3v) is 1.41. The predicted octanol–water partition coefficient (Wildman–Crippen LogP) is 2.25. The van der Waals surface area contributed by atoms with Crippen molar-refractivity contribution in [1.29, 1.82) is 5.26 Å². The van der Waals surface area contributed by atoms with Crippen LogP contribution in [0.5, 0.6) is 0 Å². The Hall–Kier alpha value is -1.82. The van der Waals surface area contributed by atoms with Crippen molar-refractivity contribution in [3.05, 3.63) is 41.9 Å². The Labute approximate surface area is 69.2 Å². The molecule has 0 bridgehead atoms. The Kier molecular flexibility index (Phi) is 2.44. The van der Waals surface area contributed by atoms with Gasteiger partial charge >= 0.3 is 0 Å². The third-order valence-electron chi connectivity index (χ3n) is 1.41. The molecule has 1 aromatic carbocycles. The highest BCUT2D eigenvalue weighted by molar-refractivity contribution is 5.75. The van der Waals surface area contributed by atoms with Gasteiger partial charge in [0.15, 0.2) is 0 Å². The molecule has 0 saturated carbocycles. The summed E-state index contributed by atoms with van der Waals surface area (Å²) in [5, 5.41) is 17.0. The van der Waals surface area contributed by atoms with Crippen molar-refractivity contribution in [2.75, 3.05) is 0 Å². The van der Waals surface area contributed by atoms with Crippen LogP contribution < -0.4 is 0 Å². The molecular weight excluding hydrogens is 157 g/mol. The minimum atomic E-state index is -0.514. The van der Waals surface area contributed by atoms with E-state index in [0.29, 0.717) is 6.26 Å². The van der Waals surface area contributed by atoms with Crippen molar-refractivity contribution in [2.24, 2.45) is 0 Å². The van der Waals surface area contributed by atoms with Crippen LogP contribution >= 0.6 is 0 Å². The summed E-state index contributed by atoms with van der Waals surface area (Å²) in [6, 6.07) is 7.46. The molecule has 0 heterocycles. The largest absolute Gasteiger partial charge is 0.514 e. The summed E-state index contributed by atoms with van der Waals surface area (Å²) in [6.45, 7) is 0. The van der Waals surface area contributed by atoms with Gasteiger partial charge in [0.2, 0.25) is 0 Å². The molecule has 0 atom stereocenters. The van der Waals surface area contributed by atoms with E-state index in [1.54, 1.807) is 12.1 Å². The van der Waals surface area contributed by atoms with E-state index >= 15 is 0 Å². The van der Waals surface area contributed by atoms with Crippen molar-refractivity contribution < 1.29 is 9.50 Å². The van der Waals surface area contributed by atoms with Gasteiger partial charge in [0.25, 0.3) is 0 Å². The number of allylic oxidation sites excluding steroid dienone is 1. The van der Waals surface area contributed by atoms with Gasteiger partial charge in [-0.05, 0) is 6.07 Å². The van der Waals surface area contributed by atoms with Gasteiger partial charge in [-0.2, -0.15) is 5.26 Å². The van der Waals surface area contributed by atoms with E-state index in [2.05, 4.69) is 0 Å². The fraction of sp³-hybridized carbons (Fsp3) is 0. The zero-order valence-corrected chi connectivity index (χ0v) is 6.16. The Bertz CT molecular complexity index is 352. The molecule has 12 heavy (non-hydrogen) atoms. The average molecular weight is 163 g/mol. The Balaban J connectivity index is 3.21. The molecule has 60 valence electrons. The van der Waals surface area contributed by atoms with Gasteiger partial charge in [-0.1, -0.05) is 18.2 Å². The van der Waals surface area contributed by atoms with Crippen LogP contribution in [0.1, 0.15) is 5.56 Å². The zero-order valence-electron chi connectivity index (χ0n) is 6.16. The fourth-order valence-electron chi connectivity index (χ4n) is 0.838. The Morgan fingerprint density at radius 2 is 2.17 bits per heavy atom. The average Bonchev–Trinajstić information content (AvgIpc) is 2.10. The van der Waals surface area contributed by atoms with Gasteiger partial charge in [-0.3, -0.25) is 0 Å². The second kappa shape index (κ2) is 3.54. The van der Waals surface area contributed by atoms with E-state index < -0.39 is 5.82 Å². The summed E-state index contributed by atoms with van der Waals surface area (Å²) in [6.07, 6.45) is 0.596. The van der Waals surface area contributed by atoms with Crippen molar-refractivity contribution in [3.63, 3.8) is 0 Å². The van der Waals surface area contributed by atoms with E-state index in [0.717, 1.165) is 0 Å². The van der Waals surface area contributed by atoms with Gasteiger partial charge in [0.05, 0.1) is 11.8 Å². The van der Waals surface area contributed by atoms with Crippen LogP contribution in [0.25, 0.3) is 5.57 Å². The number of hydrogen-bond donors (Lipinski definition) is 1. The molecule has 0 unspecified atom stereocenters. The molecule has 3 heteroatoms. The van der Waals surface area contributed by atoms with E-state index in [1.165, 1.54) is 18.2 Å². The van der Waals surface area contributed by atoms with Crippen molar-refractivity contribution in [1.82, 2.24) is 0 Å². The molecule has 1 N–H and O–H groups in total. The van der Waals surface area contributed by atoms with E-state index in [-0.39, 0.29) is 11.1 Å². The number of rotatable bonds is 1. The smallest absolute Gasteiger partial charge is 0.131 e. The molecule has 0 radical (unpaired) electrons. The monoisotopic (exact) mass is 163 g/mol. The van der Waals surface area contributed by atoms with Crippen molar-refractivity contribution >= 4 is 5.57 Å². The molecule has 0 saturated heterocycles. The number of hydrogen-bond acceptors (Lipinski definition) is 2. The van der Waals surface area contributed by atoms with Crippen molar-refractivity contribution in [3.8, 4) is 6.07 Å². The maximum Gasteiger partial charge on any atom is 0.131 e. The van der Waals surface area contributed by atoms with E-state index in [1.807, 2.05) is 0 Å². The topological polar surface area (TPSA) is 44.0 Å². The first-order chi connectivity index (χ1) is 5.79. The molecule has 2 nitrogen and oxygen atoms in total. The second-order valence-corrected chi connectivity index (χ2v) is 2.13. The van der Waals surface area contributed by atoms with Crippen LogP contribution in [0, 0.1) is 17.1 Å². The summed E-state index contributed by atoms with van der Waals surface area (Å²) < 4.78 is 12.9. The number of halogens is 1. The van der Waals surface area contributed by atoms with Crippen LogP contribution in [0.4, 0.5) is 4.39 Å². The number of aliphatic hydroxyl groups excluding tert-OH is 1. The predicted molar refractivity (Wildman–Crippen MR) is 42.6 cm³/mol. The molecule has 0 aliphatic rings. The molecule has 1 rings (SSSR count). The quantitative estimate of drug-likeness (QED) is 0.509. The minimum absolute atomic E-state index is 0.0758. The van der Waals surface area contributed by atoms with E-state index in [4.69, 9.17) is 10.4 Å². The van der Waals surface area contributed by atoms with Gasteiger partial charge in [-0.25, -0.2) is 4.39 Å². The molecule has 0 spiro atoms. The van der Waals surface area contributed by atoms with Crippen LogP contribution in [0.15, 0.2) is 30.5 Å². The lowest BCUT2D eigenvalue weighted by Gasteiger charge is -1.97. The first-order valence-electron chi connectivity index (χ1n) is 3.29. The SMILES string of the molecule is N#C/C(=C\O)c1ccccc1F. The lowest BCUT2D eigenvalue weighted by atomic mass is 10.1. The maximum absolute atomic E-state index is 12.9. The standard InChI is InChI=1S/C9H6FNO/c10-9-4-2-1-3-8(9)7(5-11)6-12/h1-4,6,12H/b7-6+. The first kappa shape index (κ1) is 8.28. The lowest BCUT2D eigenvalue weighted by molar-refractivity contribution is 0.476. The fourth-order valence-corrected chi connectivity index (χ4v) is 0.838. The summed E-state index contributed by atoms with van der Waals surface area (Å²) in [5.41, 5.74) is 0.0376. The van der Waals surface area contributed by atoms with Crippen LogP contribution in [0.3, 0.4) is 0 Å². The normalized spacial score (nSPS) is 10.8. The van der Waals surface area contributed by atoms with Crippen LogP contribution in [-0.2, 0) is 0 Å². The molecule has 0 aliphatic carbocycles. The lowest BCUT2D eigenvalue weighted by Crippen LogP contribution is -1.86.